The van der Waals surface area contributed by atoms with Gasteiger partial charge in [0, 0.05) is 29.9 Å². The van der Waals surface area contributed by atoms with Crippen LogP contribution in [-0.2, 0) is 10.2 Å². The van der Waals surface area contributed by atoms with Crippen LogP contribution in [0.2, 0.25) is 0 Å². The van der Waals surface area contributed by atoms with Crippen molar-refractivity contribution < 1.29 is 19.1 Å². The number of benzene rings is 1. The first-order valence-electron chi connectivity index (χ1n) is 9.37. The van der Waals surface area contributed by atoms with Crippen molar-refractivity contribution in [2.75, 3.05) is 6.61 Å². The maximum Gasteiger partial charge on any atom is 0.325 e. The van der Waals surface area contributed by atoms with Crippen LogP contribution in [-0.4, -0.2) is 41.1 Å². The molecular formula is C20H21N3O4. The van der Waals surface area contributed by atoms with E-state index in [-0.39, 0.29) is 29.5 Å². The lowest BCUT2D eigenvalue weighted by Crippen LogP contribution is -2.52. The van der Waals surface area contributed by atoms with Gasteiger partial charge < -0.3 is 14.8 Å². The summed E-state index contributed by atoms with van der Waals surface area (Å²) in [4.78, 5) is 25.9. The van der Waals surface area contributed by atoms with Gasteiger partial charge in [-0.2, -0.15) is 5.26 Å². The minimum Gasteiger partial charge on any atom is -0.492 e. The number of nitrogens with zero attached hydrogens (tertiary/aromatic N) is 2. The fourth-order valence-electron chi connectivity index (χ4n) is 4.35. The summed E-state index contributed by atoms with van der Waals surface area (Å²) in [6, 6.07) is 5.33. The lowest BCUT2D eigenvalue weighted by molar-refractivity contribution is -0.134. The molecule has 1 aromatic rings. The molecule has 3 fully saturated rings. The van der Waals surface area contributed by atoms with E-state index >= 15 is 0 Å². The van der Waals surface area contributed by atoms with Gasteiger partial charge in [-0.15, -0.1) is 0 Å². The van der Waals surface area contributed by atoms with E-state index < -0.39 is 5.54 Å². The van der Waals surface area contributed by atoms with Crippen LogP contribution in [0, 0.1) is 11.3 Å². The van der Waals surface area contributed by atoms with Crippen molar-refractivity contribution >= 4 is 11.9 Å². The molecule has 1 saturated heterocycles. The summed E-state index contributed by atoms with van der Waals surface area (Å²) >= 11 is 0. The monoisotopic (exact) mass is 367 g/mol. The van der Waals surface area contributed by atoms with E-state index in [2.05, 4.69) is 11.4 Å². The second-order valence-electron chi connectivity index (χ2n) is 8.59. The molecule has 0 radical (unpaired) electrons. The van der Waals surface area contributed by atoms with Crippen molar-refractivity contribution in [2.24, 2.45) is 0 Å². The van der Waals surface area contributed by atoms with Gasteiger partial charge in [0.1, 0.15) is 29.2 Å². The van der Waals surface area contributed by atoms with Crippen molar-refractivity contribution in [1.82, 2.24) is 10.2 Å². The van der Waals surface area contributed by atoms with Crippen LogP contribution >= 0.6 is 0 Å². The Morgan fingerprint density at radius 1 is 1.30 bits per heavy atom. The summed E-state index contributed by atoms with van der Waals surface area (Å²) < 4.78 is 12.0. The second-order valence-corrected chi connectivity index (χ2v) is 8.59. The molecule has 2 aliphatic heterocycles. The van der Waals surface area contributed by atoms with E-state index in [4.69, 9.17) is 9.47 Å². The SMILES string of the molecule is CC1(C)NC(=O)N(C2CC(Oc3c(C#N)ccc4c3C3(CC3)CO4)C2)C1=O. The number of hydrogen-bond acceptors (Lipinski definition) is 5. The molecule has 5 rings (SSSR count). The topological polar surface area (TPSA) is 91.7 Å². The summed E-state index contributed by atoms with van der Waals surface area (Å²) in [5, 5.41) is 12.2. The number of carbonyl (C=O) groups excluding carboxylic acids is 2. The minimum absolute atomic E-state index is 0.00943. The molecule has 0 atom stereocenters. The number of ether oxygens (including phenoxy) is 2. The highest BCUT2D eigenvalue weighted by molar-refractivity contribution is 6.06. The molecule has 2 heterocycles. The van der Waals surface area contributed by atoms with Gasteiger partial charge in [0.05, 0.1) is 12.2 Å². The molecule has 2 aliphatic carbocycles. The van der Waals surface area contributed by atoms with Crippen molar-refractivity contribution in [1.29, 1.82) is 5.26 Å². The quantitative estimate of drug-likeness (QED) is 0.827. The Hall–Kier alpha value is -2.75. The molecule has 0 bridgehead atoms. The first kappa shape index (κ1) is 16.4. The predicted octanol–water partition coefficient (Wildman–Crippen LogP) is 2.22. The van der Waals surface area contributed by atoms with Crippen LogP contribution in [0.3, 0.4) is 0 Å². The van der Waals surface area contributed by atoms with Gasteiger partial charge in [-0.25, -0.2) is 4.79 Å². The molecule has 0 unspecified atom stereocenters. The number of nitrogens with one attached hydrogen (secondary N) is 1. The third kappa shape index (κ3) is 2.25. The summed E-state index contributed by atoms with van der Waals surface area (Å²) in [7, 11) is 0. The third-order valence-corrected chi connectivity index (χ3v) is 6.24. The van der Waals surface area contributed by atoms with Crippen molar-refractivity contribution in [2.45, 2.75) is 62.6 Å². The zero-order valence-electron chi connectivity index (χ0n) is 15.4. The average molecular weight is 367 g/mol. The fourth-order valence-corrected chi connectivity index (χ4v) is 4.35. The highest BCUT2D eigenvalue weighted by Crippen LogP contribution is 2.59. The molecule has 7 heteroatoms. The van der Waals surface area contributed by atoms with Crippen LogP contribution in [0.15, 0.2) is 12.1 Å². The normalized spacial score (nSPS) is 28.9. The Balaban J connectivity index is 1.35. The van der Waals surface area contributed by atoms with E-state index in [1.807, 2.05) is 6.07 Å². The Morgan fingerprint density at radius 3 is 2.63 bits per heavy atom. The molecule has 3 amide bonds. The maximum absolute atomic E-state index is 12.4. The standard InChI is InChI=1S/C20H21N3O4/c1-19(2)17(24)23(18(25)22-19)12-7-13(8-12)27-16-11(9-21)3-4-14-15(16)20(5-6-20)10-26-14/h3-4,12-13H,5-8,10H2,1-2H3,(H,22,25). The van der Waals surface area contributed by atoms with E-state index in [9.17, 15) is 14.9 Å². The van der Waals surface area contributed by atoms with Crippen molar-refractivity contribution in [3.05, 3.63) is 23.3 Å². The molecule has 140 valence electrons. The number of carbonyl (C=O) groups is 2. The molecule has 0 aromatic heterocycles. The predicted molar refractivity (Wildman–Crippen MR) is 94.5 cm³/mol. The van der Waals surface area contributed by atoms with Gasteiger partial charge in [-0.05, 0) is 38.8 Å². The molecule has 1 aromatic carbocycles. The third-order valence-electron chi connectivity index (χ3n) is 6.24. The largest absolute Gasteiger partial charge is 0.492 e. The van der Waals surface area contributed by atoms with E-state index in [0.717, 1.165) is 24.2 Å². The van der Waals surface area contributed by atoms with E-state index in [0.29, 0.717) is 30.8 Å². The van der Waals surface area contributed by atoms with Gasteiger partial charge in [0.25, 0.3) is 5.91 Å². The molecule has 2 saturated carbocycles. The fraction of sp³-hybridized carbons (Fsp3) is 0.550. The average Bonchev–Trinajstić information content (AvgIpc) is 3.22. The van der Waals surface area contributed by atoms with Gasteiger partial charge in [-0.1, -0.05) is 0 Å². The summed E-state index contributed by atoms with van der Waals surface area (Å²) in [5.41, 5.74) is 0.703. The highest BCUT2D eigenvalue weighted by Gasteiger charge is 2.54. The number of fused-ring (bicyclic) bond motifs is 2. The number of hydrogen-bond donors (Lipinski definition) is 1. The molecule has 1 N–H and O–H groups in total. The highest BCUT2D eigenvalue weighted by atomic mass is 16.5. The van der Waals surface area contributed by atoms with E-state index in [1.54, 1.807) is 19.9 Å². The lowest BCUT2D eigenvalue weighted by Gasteiger charge is -2.40. The van der Waals surface area contributed by atoms with Crippen molar-refractivity contribution in [3.8, 4) is 17.6 Å². The Bertz CT molecular complexity index is 907. The van der Waals surface area contributed by atoms with Crippen LogP contribution < -0.4 is 14.8 Å². The Morgan fingerprint density at radius 2 is 2.04 bits per heavy atom. The number of nitriles is 1. The molecule has 4 aliphatic rings. The molecule has 27 heavy (non-hydrogen) atoms. The van der Waals surface area contributed by atoms with Crippen LogP contribution in [0.25, 0.3) is 0 Å². The van der Waals surface area contributed by atoms with Crippen LogP contribution in [0.5, 0.6) is 11.5 Å². The molecular weight excluding hydrogens is 346 g/mol. The van der Waals surface area contributed by atoms with Crippen LogP contribution in [0.4, 0.5) is 4.79 Å². The molecule has 7 nitrogen and oxygen atoms in total. The first-order chi connectivity index (χ1) is 12.8. The number of imide groups is 1. The zero-order chi connectivity index (χ0) is 19.0. The number of rotatable bonds is 3. The number of urea groups is 1. The summed E-state index contributed by atoms with van der Waals surface area (Å²) in [6.07, 6.45) is 3.15. The zero-order valence-corrected chi connectivity index (χ0v) is 15.4. The molecule has 1 spiro atoms. The summed E-state index contributed by atoms with van der Waals surface area (Å²) in [5.74, 6) is 1.25. The van der Waals surface area contributed by atoms with Crippen molar-refractivity contribution in [3.63, 3.8) is 0 Å². The van der Waals surface area contributed by atoms with E-state index in [1.165, 1.54) is 4.90 Å². The minimum atomic E-state index is -0.854. The lowest BCUT2D eigenvalue weighted by atomic mass is 9.87. The number of amides is 3. The van der Waals surface area contributed by atoms with Crippen LogP contribution in [0.1, 0.15) is 50.7 Å². The van der Waals surface area contributed by atoms with Gasteiger partial charge in [-0.3, -0.25) is 9.69 Å². The van der Waals surface area contributed by atoms with Gasteiger partial charge >= 0.3 is 6.03 Å². The second kappa shape index (κ2) is 5.16. The first-order valence-corrected chi connectivity index (χ1v) is 9.37. The Kier molecular flexibility index (Phi) is 3.14. The van der Waals surface area contributed by atoms with Gasteiger partial charge in [0.2, 0.25) is 0 Å². The van der Waals surface area contributed by atoms with Gasteiger partial charge in [0.15, 0.2) is 0 Å². The smallest absolute Gasteiger partial charge is 0.325 e. The summed E-state index contributed by atoms with van der Waals surface area (Å²) in [6.45, 7) is 4.07. The Labute approximate surface area is 157 Å². The maximum atomic E-state index is 12.4.